The molecule has 5 nitrogen and oxygen atoms in total. The zero-order chi connectivity index (χ0) is 16.2. The molecule has 0 unspecified atom stereocenters. The molecule has 5 heteroatoms. The van der Waals surface area contributed by atoms with Crippen molar-refractivity contribution in [2.45, 2.75) is 6.42 Å². The van der Waals surface area contributed by atoms with Crippen molar-refractivity contribution in [1.82, 2.24) is 0 Å². The molecule has 118 valence electrons. The van der Waals surface area contributed by atoms with Crippen LogP contribution in [0.25, 0.3) is 11.0 Å². The molecule has 1 heterocycles. The van der Waals surface area contributed by atoms with Gasteiger partial charge in [-0.15, -0.1) is 0 Å². The second-order valence-corrected chi connectivity index (χ2v) is 5.08. The highest BCUT2D eigenvalue weighted by atomic mass is 16.5. The average Bonchev–Trinajstić information content (AvgIpc) is 2.97. The summed E-state index contributed by atoms with van der Waals surface area (Å²) in [6, 6.07) is 12.7. The van der Waals surface area contributed by atoms with Crippen LogP contribution < -0.4 is 14.8 Å². The number of carbonyl (C=O) groups excluding carboxylic acids is 1. The van der Waals surface area contributed by atoms with E-state index in [0.717, 1.165) is 33.7 Å². The number of ether oxygens (including phenoxy) is 2. The normalized spacial score (nSPS) is 10.5. The number of anilines is 1. The van der Waals surface area contributed by atoms with Gasteiger partial charge in [-0.2, -0.15) is 0 Å². The van der Waals surface area contributed by atoms with Crippen molar-refractivity contribution in [3.63, 3.8) is 0 Å². The Labute approximate surface area is 133 Å². The van der Waals surface area contributed by atoms with E-state index in [-0.39, 0.29) is 12.3 Å². The highest BCUT2D eigenvalue weighted by Crippen LogP contribution is 2.26. The highest BCUT2D eigenvalue weighted by molar-refractivity contribution is 5.95. The van der Waals surface area contributed by atoms with Gasteiger partial charge < -0.3 is 19.2 Å². The van der Waals surface area contributed by atoms with Crippen LogP contribution in [0.2, 0.25) is 0 Å². The van der Waals surface area contributed by atoms with Gasteiger partial charge in [0, 0.05) is 16.6 Å². The monoisotopic (exact) mass is 311 g/mol. The van der Waals surface area contributed by atoms with E-state index in [0.29, 0.717) is 0 Å². The number of methoxy groups -OCH3 is 2. The Hall–Kier alpha value is -2.95. The Morgan fingerprint density at radius 3 is 2.43 bits per heavy atom. The van der Waals surface area contributed by atoms with E-state index < -0.39 is 0 Å². The first kappa shape index (κ1) is 15.0. The molecule has 0 aliphatic carbocycles. The van der Waals surface area contributed by atoms with Crippen LogP contribution in [-0.2, 0) is 11.2 Å². The van der Waals surface area contributed by atoms with Crippen molar-refractivity contribution in [3.05, 3.63) is 54.3 Å². The Balaban J connectivity index is 1.74. The standard InChI is InChI=1S/C18H17NO4/c1-21-14-5-3-13(4-6-14)19-18(20)9-12-11-23-17-8-7-15(22-2)10-16(12)17/h3-8,10-11H,9H2,1-2H3,(H,19,20). The van der Waals surface area contributed by atoms with E-state index in [2.05, 4.69) is 5.32 Å². The van der Waals surface area contributed by atoms with Gasteiger partial charge in [-0.25, -0.2) is 0 Å². The van der Waals surface area contributed by atoms with Gasteiger partial charge in [0.25, 0.3) is 0 Å². The van der Waals surface area contributed by atoms with Crippen molar-refractivity contribution >= 4 is 22.6 Å². The smallest absolute Gasteiger partial charge is 0.228 e. The summed E-state index contributed by atoms with van der Waals surface area (Å²) >= 11 is 0. The maximum Gasteiger partial charge on any atom is 0.228 e. The van der Waals surface area contributed by atoms with Crippen LogP contribution in [0, 0.1) is 0 Å². The third kappa shape index (κ3) is 3.29. The average molecular weight is 311 g/mol. The largest absolute Gasteiger partial charge is 0.497 e. The molecular formula is C18H17NO4. The minimum atomic E-state index is -0.110. The van der Waals surface area contributed by atoms with Crippen molar-refractivity contribution < 1.29 is 18.7 Å². The summed E-state index contributed by atoms with van der Waals surface area (Å²) in [5.74, 6) is 1.37. The fourth-order valence-corrected chi connectivity index (χ4v) is 2.38. The number of hydrogen-bond donors (Lipinski definition) is 1. The molecule has 0 saturated carbocycles. The summed E-state index contributed by atoms with van der Waals surface area (Å²) in [4.78, 5) is 12.2. The lowest BCUT2D eigenvalue weighted by molar-refractivity contribution is -0.115. The predicted molar refractivity (Wildman–Crippen MR) is 88.1 cm³/mol. The number of benzene rings is 2. The van der Waals surface area contributed by atoms with Crippen LogP contribution in [0.5, 0.6) is 11.5 Å². The molecule has 1 aromatic heterocycles. The van der Waals surface area contributed by atoms with Crippen LogP contribution in [0.1, 0.15) is 5.56 Å². The minimum Gasteiger partial charge on any atom is -0.497 e. The van der Waals surface area contributed by atoms with E-state index in [1.165, 1.54) is 0 Å². The second-order valence-electron chi connectivity index (χ2n) is 5.08. The molecule has 3 aromatic rings. The lowest BCUT2D eigenvalue weighted by Gasteiger charge is -2.06. The summed E-state index contributed by atoms with van der Waals surface area (Å²) < 4.78 is 15.8. The number of rotatable bonds is 5. The van der Waals surface area contributed by atoms with Gasteiger partial charge in [-0.05, 0) is 42.5 Å². The Morgan fingerprint density at radius 2 is 1.74 bits per heavy atom. The van der Waals surface area contributed by atoms with Gasteiger partial charge >= 0.3 is 0 Å². The molecule has 0 bridgehead atoms. The zero-order valence-corrected chi connectivity index (χ0v) is 13.0. The van der Waals surface area contributed by atoms with Crippen molar-refractivity contribution in [2.75, 3.05) is 19.5 Å². The van der Waals surface area contributed by atoms with Crippen LogP contribution in [0.4, 0.5) is 5.69 Å². The Morgan fingerprint density at radius 1 is 1.04 bits per heavy atom. The Bertz CT molecular complexity index is 821. The van der Waals surface area contributed by atoms with E-state index in [1.807, 2.05) is 18.2 Å². The quantitative estimate of drug-likeness (QED) is 0.781. The fraction of sp³-hybridized carbons (Fsp3) is 0.167. The van der Waals surface area contributed by atoms with E-state index in [1.54, 1.807) is 44.7 Å². The third-order valence-electron chi connectivity index (χ3n) is 3.59. The number of fused-ring (bicyclic) bond motifs is 1. The van der Waals surface area contributed by atoms with E-state index >= 15 is 0 Å². The molecule has 0 aliphatic rings. The molecular weight excluding hydrogens is 294 g/mol. The van der Waals surface area contributed by atoms with Gasteiger partial charge in [-0.1, -0.05) is 0 Å². The van der Waals surface area contributed by atoms with Gasteiger partial charge in [0.05, 0.1) is 26.9 Å². The van der Waals surface area contributed by atoms with Gasteiger partial charge in [-0.3, -0.25) is 4.79 Å². The first-order valence-electron chi connectivity index (χ1n) is 7.17. The molecule has 1 amide bonds. The molecule has 0 aliphatic heterocycles. The van der Waals surface area contributed by atoms with Gasteiger partial charge in [0.1, 0.15) is 17.1 Å². The van der Waals surface area contributed by atoms with Crippen molar-refractivity contribution in [1.29, 1.82) is 0 Å². The first-order valence-corrected chi connectivity index (χ1v) is 7.17. The molecule has 0 atom stereocenters. The highest BCUT2D eigenvalue weighted by Gasteiger charge is 2.11. The third-order valence-corrected chi connectivity index (χ3v) is 3.59. The van der Waals surface area contributed by atoms with Crippen LogP contribution in [0.15, 0.2) is 53.1 Å². The van der Waals surface area contributed by atoms with Crippen LogP contribution >= 0.6 is 0 Å². The zero-order valence-electron chi connectivity index (χ0n) is 13.0. The van der Waals surface area contributed by atoms with E-state index in [4.69, 9.17) is 13.9 Å². The molecule has 0 radical (unpaired) electrons. The lowest BCUT2D eigenvalue weighted by Crippen LogP contribution is -2.14. The van der Waals surface area contributed by atoms with Crippen molar-refractivity contribution in [3.8, 4) is 11.5 Å². The maximum absolute atomic E-state index is 12.2. The summed E-state index contributed by atoms with van der Waals surface area (Å²) in [7, 11) is 3.21. The molecule has 0 saturated heterocycles. The molecule has 0 spiro atoms. The number of hydrogen-bond acceptors (Lipinski definition) is 4. The van der Waals surface area contributed by atoms with Crippen LogP contribution in [-0.4, -0.2) is 20.1 Å². The molecule has 3 rings (SSSR count). The second kappa shape index (κ2) is 6.44. The van der Waals surface area contributed by atoms with E-state index in [9.17, 15) is 4.79 Å². The number of nitrogens with one attached hydrogen (secondary N) is 1. The SMILES string of the molecule is COc1ccc(NC(=O)Cc2coc3ccc(OC)cc23)cc1. The van der Waals surface area contributed by atoms with Crippen LogP contribution in [0.3, 0.4) is 0 Å². The summed E-state index contributed by atoms with van der Waals surface area (Å²) in [6.07, 6.45) is 1.84. The van der Waals surface area contributed by atoms with Crippen molar-refractivity contribution in [2.24, 2.45) is 0 Å². The topological polar surface area (TPSA) is 60.7 Å². The van der Waals surface area contributed by atoms with Gasteiger partial charge in [0.15, 0.2) is 0 Å². The summed E-state index contributed by atoms with van der Waals surface area (Å²) in [5, 5.41) is 3.74. The number of amides is 1. The molecule has 2 aromatic carbocycles. The molecule has 0 fully saturated rings. The molecule has 1 N–H and O–H groups in total. The fourth-order valence-electron chi connectivity index (χ4n) is 2.38. The Kier molecular flexibility index (Phi) is 4.19. The number of furan rings is 1. The minimum absolute atomic E-state index is 0.110. The summed E-state index contributed by atoms with van der Waals surface area (Å²) in [6.45, 7) is 0. The first-order chi connectivity index (χ1) is 11.2. The summed E-state index contributed by atoms with van der Waals surface area (Å²) in [5.41, 5.74) is 2.28. The van der Waals surface area contributed by atoms with Gasteiger partial charge in [0.2, 0.25) is 5.91 Å². The molecule has 23 heavy (non-hydrogen) atoms. The predicted octanol–water partition coefficient (Wildman–Crippen LogP) is 3.63. The maximum atomic E-state index is 12.2. The number of carbonyl (C=O) groups is 1. The lowest BCUT2D eigenvalue weighted by atomic mass is 10.1.